The van der Waals surface area contributed by atoms with E-state index in [1.807, 2.05) is 0 Å². The van der Waals surface area contributed by atoms with E-state index in [0.717, 1.165) is 0 Å². The number of hydrogen-bond acceptors (Lipinski definition) is 1. The van der Waals surface area contributed by atoms with Gasteiger partial charge in [-0.2, -0.15) is 0 Å². The minimum absolute atomic E-state index is 0. The molecule has 0 aromatic carbocycles. The van der Waals surface area contributed by atoms with Crippen molar-refractivity contribution in [3.63, 3.8) is 0 Å². The summed E-state index contributed by atoms with van der Waals surface area (Å²) in [5.41, 5.74) is 0. The molecule has 7 heteroatoms. The average molecular weight is 559 g/mol. The third kappa shape index (κ3) is 34.5. The first-order valence-corrected chi connectivity index (χ1v) is 0.508. The van der Waals surface area contributed by atoms with Crippen LogP contribution in [0.3, 0.4) is 0 Å². The summed E-state index contributed by atoms with van der Waals surface area (Å²) in [4.78, 5) is 0. The van der Waals surface area contributed by atoms with Crippen LogP contribution in [0.1, 0.15) is 2.85 Å². The third-order valence-corrected chi connectivity index (χ3v) is 0. The van der Waals surface area contributed by atoms with Gasteiger partial charge in [-0.15, -0.1) is 0 Å². The Labute approximate surface area is 174 Å². The van der Waals surface area contributed by atoms with Gasteiger partial charge in [0.15, 0.2) is 0 Å². The molecule has 43 valence electrons. The summed E-state index contributed by atoms with van der Waals surface area (Å²) >= 11 is 2.94. The van der Waals surface area contributed by atoms with E-state index < -0.39 is 0 Å². The second-order valence-corrected chi connectivity index (χ2v) is 0. The molecule has 0 saturated heterocycles. The summed E-state index contributed by atoms with van der Waals surface area (Å²) in [5, 5.41) is 0. The standard InChI is InChI=1S/Ce.Cu.Fe.La.Mn.O.Sr.2H/q;;;;;;+2;2*-1. The van der Waals surface area contributed by atoms with Gasteiger partial charge in [0, 0.05) is 111 Å². The topological polar surface area (TPSA) is 17.1 Å². The van der Waals surface area contributed by atoms with Gasteiger partial charge in [-0.05, 0) is 0 Å². The Bertz CT molecular complexity index is 26.5. The molecule has 0 amide bonds. The second-order valence-electron chi connectivity index (χ2n) is 0. The zero-order valence-electron chi connectivity index (χ0n) is 5.23. The van der Waals surface area contributed by atoms with Gasteiger partial charge in [0.1, 0.15) is 0 Å². The van der Waals surface area contributed by atoms with Gasteiger partial charge in [-0.3, -0.25) is 0 Å². The van der Waals surface area contributed by atoms with Crippen LogP contribution < -0.4 is 0 Å². The van der Waals surface area contributed by atoms with Crippen LogP contribution >= 0.6 is 0 Å². The molecule has 0 aliphatic heterocycles. The first kappa shape index (κ1) is 39.3. The Morgan fingerprint density at radius 1 is 1.29 bits per heavy atom. The van der Waals surface area contributed by atoms with Crippen molar-refractivity contribution < 1.29 is 134 Å². The maximum absolute atomic E-state index is 7.81. The second kappa shape index (κ2) is 42.2. The predicted molar refractivity (Wildman–Crippen MR) is 8.66 cm³/mol. The van der Waals surface area contributed by atoms with Crippen molar-refractivity contribution in [2.24, 2.45) is 0 Å². The first-order valence-electron chi connectivity index (χ1n) is 0.123. The van der Waals surface area contributed by atoms with Crippen molar-refractivity contribution in [3.8, 4) is 0 Å². The van der Waals surface area contributed by atoms with Crippen molar-refractivity contribution in [1.29, 1.82) is 0 Å². The van der Waals surface area contributed by atoms with E-state index in [2.05, 4.69) is 15.9 Å². The van der Waals surface area contributed by atoms with Gasteiger partial charge in [-0.1, -0.05) is 0 Å². The van der Waals surface area contributed by atoms with Crippen molar-refractivity contribution in [2.45, 2.75) is 0 Å². The van der Waals surface area contributed by atoms with Crippen LogP contribution in [-0.4, -0.2) is 45.5 Å². The molecule has 0 aromatic rings. The Balaban J connectivity index is -0.000000000238. The summed E-state index contributed by atoms with van der Waals surface area (Å²) in [5.74, 6) is 0. The van der Waals surface area contributed by atoms with Gasteiger partial charge in [-0.25, -0.2) is 0 Å². The zero-order chi connectivity index (χ0) is 2.00. The third-order valence-electron chi connectivity index (χ3n) is 0. The fraction of sp³-hybridized carbons (Fsp3) is 0. The van der Waals surface area contributed by atoms with Gasteiger partial charge in [0.05, 0.1) is 0 Å². The van der Waals surface area contributed by atoms with E-state index in [-0.39, 0.29) is 160 Å². The molecule has 0 rings (SSSR count). The summed E-state index contributed by atoms with van der Waals surface area (Å²) in [6, 6.07) is 0. The van der Waals surface area contributed by atoms with Crippen molar-refractivity contribution >= 4 is 45.5 Å². The molecule has 7 heavy (non-hydrogen) atoms. The summed E-state index contributed by atoms with van der Waals surface area (Å²) in [6.07, 6.45) is 0. The molecule has 0 aliphatic rings. The van der Waals surface area contributed by atoms with Crippen LogP contribution in [0.2, 0.25) is 0 Å². The van der Waals surface area contributed by atoms with Crippen molar-refractivity contribution in [1.82, 2.24) is 0 Å². The molecular weight excluding hydrogens is 557 g/mol. The maximum atomic E-state index is 7.81. The van der Waals surface area contributed by atoms with Gasteiger partial charge >= 0.3 is 65.3 Å². The first-order chi connectivity index (χ1) is 1.00. The van der Waals surface area contributed by atoms with Crippen LogP contribution in [0.15, 0.2) is 0 Å². The Morgan fingerprint density at radius 3 is 1.29 bits per heavy atom. The molecule has 0 aromatic heterocycles. The van der Waals surface area contributed by atoms with Crippen molar-refractivity contribution in [3.05, 3.63) is 0 Å². The van der Waals surface area contributed by atoms with E-state index in [0.29, 0.717) is 0 Å². The molecule has 0 fully saturated rings. The number of hydrogen-bond donors (Lipinski definition) is 0. The maximum Gasteiger partial charge on any atom is 2.00 e. The normalized spacial score (nSPS) is 0.857. The van der Waals surface area contributed by atoms with E-state index in [1.165, 1.54) is 0 Å². The average Bonchev–Trinajstić information content (AvgIpc) is 1.00. The smallest absolute Gasteiger partial charge is 2.00 e. The largest absolute Gasteiger partial charge is 2.00 e. The molecule has 0 bridgehead atoms. The van der Waals surface area contributed by atoms with Crippen LogP contribution in [0.25, 0.3) is 0 Å². The molecule has 1 nitrogen and oxygen atoms in total. The molecule has 0 unspecified atom stereocenters. The molecular formula is H2CeCuFeLaMnOSr. The fourth-order valence-electron chi connectivity index (χ4n) is 0. The van der Waals surface area contributed by atoms with E-state index in [9.17, 15) is 0 Å². The quantitative estimate of drug-likeness (QED) is 0.374. The van der Waals surface area contributed by atoms with Crippen LogP contribution in [0.4, 0.5) is 0 Å². The van der Waals surface area contributed by atoms with E-state index in [1.54, 1.807) is 0 Å². The van der Waals surface area contributed by atoms with Crippen LogP contribution in [0.5, 0.6) is 0 Å². The Kier molecular flexibility index (Phi) is 237. The zero-order valence-corrected chi connectivity index (χ0v) is 16.7. The van der Waals surface area contributed by atoms with Crippen LogP contribution in [-0.2, 0) is 53.9 Å². The van der Waals surface area contributed by atoms with Gasteiger partial charge in [0.2, 0.25) is 0 Å². The monoisotopic (exact) mass is 559 g/mol. The molecule has 0 atom stereocenters. The molecule has 0 spiro atoms. The molecule has 0 aliphatic carbocycles. The van der Waals surface area contributed by atoms with Gasteiger partial charge < -0.3 is 2.85 Å². The van der Waals surface area contributed by atoms with E-state index in [4.69, 9.17) is 3.83 Å². The molecule has 2 radical (unpaired) electrons. The minimum atomic E-state index is 0. The predicted octanol–water partition coefficient (Wildman–Crippen LogP) is -0.282. The molecule has 0 N–H and O–H groups in total. The minimum Gasteiger partial charge on any atom is 2.00 e. The Hall–Kier alpha value is 5.41. The SMILES string of the molecule is [Ce].[Fe].[H-].[H-].[La].[Mn].[O]=[Cu].[Sr+2]. The fourth-order valence-corrected chi connectivity index (χ4v) is 0. The van der Waals surface area contributed by atoms with Crippen LogP contribution in [0, 0.1) is 77.3 Å². The Morgan fingerprint density at radius 2 is 1.29 bits per heavy atom. The summed E-state index contributed by atoms with van der Waals surface area (Å²) < 4.78 is 7.81. The van der Waals surface area contributed by atoms with E-state index >= 15 is 0 Å². The summed E-state index contributed by atoms with van der Waals surface area (Å²) in [7, 11) is 0. The van der Waals surface area contributed by atoms with Gasteiger partial charge in [0.25, 0.3) is 0 Å². The number of rotatable bonds is 0. The van der Waals surface area contributed by atoms with Crippen molar-refractivity contribution in [2.75, 3.05) is 0 Å². The summed E-state index contributed by atoms with van der Waals surface area (Å²) in [6.45, 7) is 0. The molecule has 0 saturated carbocycles. The molecule has 0 heterocycles.